The zero-order valence-corrected chi connectivity index (χ0v) is 10.9. The van der Waals surface area contributed by atoms with Crippen LogP contribution in [0.25, 0.3) is 0 Å². The molecule has 1 aliphatic carbocycles. The van der Waals surface area contributed by atoms with Gasteiger partial charge in [0.05, 0.1) is 10.6 Å². The Balaban J connectivity index is 2.41. The zero-order chi connectivity index (χ0) is 12.6. The molecule has 2 rings (SSSR count). The molecule has 1 aromatic rings. The van der Waals surface area contributed by atoms with Gasteiger partial charge < -0.3 is 14.9 Å². The molecule has 2 N–H and O–H groups in total. The molecule has 0 amide bonds. The van der Waals surface area contributed by atoms with Crippen LogP contribution in [-0.4, -0.2) is 22.3 Å². The van der Waals surface area contributed by atoms with E-state index in [2.05, 4.69) is 15.9 Å². The third-order valence-corrected chi connectivity index (χ3v) is 3.14. The quantitative estimate of drug-likeness (QED) is 0.896. The van der Waals surface area contributed by atoms with Gasteiger partial charge in [-0.05, 0) is 53.4 Å². The van der Waals surface area contributed by atoms with Gasteiger partial charge in [-0.3, -0.25) is 0 Å². The minimum absolute atomic E-state index is 0.147. The number of benzene rings is 1. The van der Waals surface area contributed by atoms with Gasteiger partial charge in [-0.1, -0.05) is 0 Å². The Labute approximate surface area is 107 Å². The molecule has 1 fully saturated rings. The third-order valence-electron chi connectivity index (χ3n) is 2.55. The van der Waals surface area contributed by atoms with Crippen molar-refractivity contribution in [2.45, 2.75) is 32.0 Å². The molecular formula is C12H13BrO4. The monoisotopic (exact) mass is 300 g/mol. The van der Waals surface area contributed by atoms with Crippen molar-refractivity contribution in [2.24, 2.45) is 0 Å². The van der Waals surface area contributed by atoms with E-state index in [1.54, 1.807) is 6.07 Å². The van der Waals surface area contributed by atoms with Crippen molar-refractivity contribution in [3.05, 3.63) is 27.7 Å². The smallest absolute Gasteiger partial charge is 0.337 e. The fourth-order valence-electron chi connectivity index (χ4n) is 1.57. The number of carboxylic acid groups (broad SMARTS) is 1. The van der Waals surface area contributed by atoms with E-state index in [1.165, 1.54) is 0 Å². The van der Waals surface area contributed by atoms with Crippen LogP contribution < -0.4 is 4.74 Å². The molecule has 92 valence electrons. The molecule has 1 aromatic carbocycles. The summed E-state index contributed by atoms with van der Waals surface area (Å²) < 4.78 is 6.32. The lowest BCUT2D eigenvalue weighted by atomic mass is 10.1. The Morgan fingerprint density at radius 2 is 2.18 bits per heavy atom. The molecular weight excluding hydrogens is 288 g/mol. The Morgan fingerprint density at radius 3 is 2.71 bits per heavy atom. The largest absolute Gasteiger partial charge is 0.489 e. The first-order valence-electron chi connectivity index (χ1n) is 5.36. The predicted molar refractivity (Wildman–Crippen MR) is 65.1 cm³/mol. The number of carbonyl (C=O) groups is 1. The molecule has 1 saturated carbocycles. The van der Waals surface area contributed by atoms with Gasteiger partial charge in [-0.15, -0.1) is 0 Å². The minimum Gasteiger partial charge on any atom is -0.489 e. The van der Waals surface area contributed by atoms with Crippen molar-refractivity contribution in [1.29, 1.82) is 0 Å². The first kappa shape index (κ1) is 12.4. The second kappa shape index (κ2) is 4.66. The Hall–Kier alpha value is -1.07. The van der Waals surface area contributed by atoms with Crippen LogP contribution in [0.5, 0.6) is 5.75 Å². The summed E-state index contributed by atoms with van der Waals surface area (Å²) in [4.78, 5) is 10.9. The Bertz CT molecular complexity index is 454. The standard InChI is InChI=1S/C12H13BrO4/c1-6-4-8(10(14)12(15)16)11(9(13)5-6)17-7-2-3-7/h4-5,7,10,14H,2-3H2,1H3,(H,15,16). The van der Waals surface area contributed by atoms with Crippen LogP contribution in [0.15, 0.2) is 16.6 Å². The average molecular weight is 301 g/mol. The van der Waals surface area contributed by atoms with Crippen molar-refractivity contribution in [1.82, 2.24) is 0 Å². The Kier molecular flexibility index (Phi) is 3.40. The van der Waals surface area contributed by atoms with Gasteiger partial charge in [0.1, 0.15) is 5.75 Å². The summed E-state index contributed by atoms with van der Waals surface area (Å²) in [5, 5.41) is 18.5. The lowest BCUT2D eigenvalue weighted by Gasteiger charge is -2.16. The summed E-state index contributed by atoms with van der Waals surface area (Å²) >= 11 is 3.34. The van der Waals surface area contributed by atoms with E-state index >= 15 is 0 Å². The second-order valence-corrected chi connectivity index (χ2v) is 5.08. The molecule has 0 heterocycles. The molecule has 1 atom stereocenters. The van der Waals surface area contributed by atoms with E-state index < -0.39 is 12.1 Å². The van der Waals surface area contributed by atoms with Gasteiger partial charge in [-0.25, -0.2) is 4.79 Å². The highest BCUT2D eigenvalue weighted by Gasteiger charge is 2.29. The van der Waals surface area contributed by atoms with Crippen molar-refractivity contribution >= 4 is 21.9 Å². The average Bonchev–Trinajstić information content (AvgIpc) is 3.04. The molecule has 0 spiro atoms. The molecule has 0 aliphatic heterocycles. The van der Waals surface area contributed by atoms with Crippen LogP contribution in [0.4, 0.5) is 0 Å². The van der Waals surface area contributed by atoms with E-state index in [0.717, 1.165) is 18.4 Å². The molecule has 4 nitrogen and oxygen atoms in total. The van der Waals surface area contributed by atoms with Crippen molar-refractivity contribution in [2.75, 3.05) is 0 Å². The third kappa shape index (κ3) is 2.79. The summed E-state index contributed by atoms with van der Waals surface area (Å²) in [7, 11) is 0. The number of halogens is 1. The zero-order valence-electron chi connectivity index (χ0n) is 9.31. The number of hydrogen-bond donors (Lipinski definition) is 2. The minimum atomic E-state index is -1.56. The topological polar surface area (TPSA) is 66.8 Å². The number of carboxylic acids is 1. The molecule has 0 saturated heterocycles. The SMILES string of the molecule is Cc1cc(Br)c(OC2CC2)c(C(O)C(=O)O)c1. The number of hydrogen-bond acceptors (Lipinski definition) is 3. The fourth-order valence-corrected chi connectivity index (χ4v) is 2.25. The maximum absolute atomic E-state index is 10.9. The molecule has 1 unspecified atom stereocenters. The molecule has 1 aliphatic rings. The van der Waals surface area contributed by atoms with Crippen LogP contribution in [-0.2, 0) is 4.79 Å². The van der Waals surface area contributed by atoms with Gasteiger partial charge in [0.25, 0.3) is 0 Å². The summed E-state index contributed by atoms with van der Waals surface area (Å²) in [6.45, 7) is 1.84. The van der Waals surface area contributed by atoms with Crippen molar-refractivity contribution < 1.29 is 19.7 Å². The van der Waals surface area contributed by atoms with Gasteiger partial charge in [-0.2, -0.15) is 0 Å². The van der Waals surface area contributed by atoms with E-state index in [9.17, 15) is 9.90 Å². The summed E-state index contributed by atoms with van der Waals surface area (Å²) in [6.07, 6.45) is 0.542. The first-order valence-corrected chi connectivity index (χ1v) is 6.16. The number of aliphatic carboxylic acids is 1. The number of aryl methyl sites for hydroxylation is 1. The van der Waals surface area contributed by atoms with Gasteiger partial charge in [0, 0.05) is 5.56 Å². The fraction of sp³-hybridized carbons (Fsp3) is 0.417. The van der Waals surface area contributed by atoms with Gasteiger partial charge >= 0.3 is 5.97 Å². The summed E-state index contributed by atoms with van der Waals surface area (Å²) in [5.74, 6) is -0.837. The lowest BCUT2D eigenvalue weighted by molar-refractivity contribution is -0.147. The predicted octanol–water partition coefficient (Wildman–Crippen LogP) is 2.42. The highest BCUT2D eigenvalue weighted by molar-refractivity contribution is 9.10. The highest BCUT2D eigenvalue weighted by atomic mass is 79.9. The second-order valence-electron chi connectivity index (χ2n) is 4.22. The van der Waals surface area contributed by atoms with Crippen molar-refractivity contribution in [3.63, 3.8) is 0 Å². The molecule has 0 radical (unpaired) electrons. The Morgan fingerprint density at radius 1 is 1.53 bits per heavy atom. The summed E-state index contributed by atoms with van der Waals surface area (Å²) in [6, 6.07) is 3.48. The molecule has 0 aromatic heterocycles. The van der Waals surface area contributed by atoms with Crippen LogP contribution in [0.3, 0.4) is 0 Å². The van der Waals surface area contributed by atoms with Crippen molar-refractivity contribution in [3.8, 4) is 5.75 Å². The number of rotatable bonds is 4. The van der Waals surface area contributed by atoms with Crippen LogP contribution >= 0.6 is 15.9 Å². The van der Waals surface area contributed by atoms with E-state index in [0.29, 0.717) is 15.8 Å². The number of aliphatic hydroxyl groups excluding tert-OH is 1. The van der Waals surface area contributed by atoms with E-state index in [1.807, 2.05) is 13.0 Å². The maximum Gasteiger partial charge on any atom is 0.337 e. The normalized spacial score (nSPS) is 16.6. The first-order chi connectivity index (χ1) is 7.99. The van der Waals surface area contributed by atoms with E-state index in [4.69, 9.17) is 9.84 Å². The van der Waals surface area contributed by atoms with Crippen LogP contribution in [0.2, 0.25) is 0 Å². The van der Waals surface area contributed by atoms with Gasteiger partial charge in [0.2, 0.25) is 0 Å². The molecule has 17 heavy (non-hydrogen) atoms. The van der Waals surface area contributed by atoms with E-state index in [-0.39, 0.29) is 6.10 Å². The molecule has 0 bridgehead atoms. The highest BCUT2D eigenvalue weighted by Crippen LogP contribution is 2.38. The summed E-state index contributed by atoms with van der Waals surface area (Å²) in [5.41, 5.74) is 1.17. The molecule has 5 heteroatoms. The number of aliphatic hydroxyl groups is 1. The lowest BCUT2D eigenvalue weighted by Crippen LogP contribution is -2.13. The van der Waals surface area contributed by atoms with Crippen LogP contribution in [0.1, 0.15) is 30.1 Å². The maximum atomic E-state index is 10.9. The van der Waals surface area contributed by atoms with Gasteiger partial charge in [0.15, 0.2) is 6.10 Å². The number of ether oxygens (including phenoxy) is 1. The van der Waals surface area contributed by atoms with Crippen LogP contribution in [0, 0.1) is 6.92 Å².